The normalized spacial score (nSPS) is 21.9. The maximum Gasteiger partial charge on any atom is 0.407 e. The zero-order valence-corrected chi connectivity index (χ0v) is 15.6. The molecular weight excluding hydrogens is 308 g/mol. The van der Waals surface area contributed by atoms with Gasteiger partial charge in [-0.05, 0) is 68.3 Å². The summed E-state index contributed by atoms with van der Waals surface area (Å²) in [5.41, 5.74) is 2.31. The second-order valence-electron chi connectivity index (χ2n) is 7.49. The molecule has 0 bridgehead atoms. The number of hydrogen-bond acceptors (Lipinski definition) is 4. The maximum absolute atomic E-state index is 11.8. The third-order valence-electron chi connectivity index (χ3n) is 4.33. The Balaban J connectivity index is 1.81. The van der Waals surface area contributed by atoms with Gasteiger partial charge < -0.3 is 15.4 Å². The number of ether oxygens (including phenoxy) is 1. The van der Waals surface area contributed by atoms with E-state index in [1.54, 1.807) is 11.3 Å². The molecule has 1 aliphatic rings. The van der Waals surface area contributed by atoms with E-state index in [1.165, 1.54) is 30.4 Å². The smallest absolute Gasteiger partial charge is 0.407 e. The average molecular weight is 339 g/mol. The van der Waals surface area contributed by atoms with Gasteiger partial charge >= 0.3 is 6.09 Å². The molecule has 1 aliphatic carbocycles. The first-order valence-corrected chi connectivity index (χ1v) is 9.51. The van der Waals surface area contributed by atoms with Crippen LogP contribution < -0.4 is 10.6 Å². The lowest BCUT2D eigenvalue weighted by Crippen LogP contribution is -2.44. The van der Waals surface area contributed by atoms with Crippen molar-refractivity contribution in [1.82, 2.24) is 10.6 Å². The van der Waals surface area contributed by atoms with Crippen LogP contribution in [0.1, 0.15) is 57.6 Å². The van der Waals surface area contributed by atoms with E-state index in [0.717, 1.165) is 13.0 Å². The van der Waals surface area contributed by atoms with E-state index in [9.17, 15) is 4.79 Å². The molecule has 2 atom stereocenters. The standard InChI is InChI=1S/C18H30N2O2S/c1-13-11-23-12-15(13)10-19-16-8-6-5-7-14(16)9-20-17(21)22-18(2,3)4/h11-12,14,16,19H,5-10H2,1-4H3,(H,20,21). The van der Waals surface area contributed by atoms with Crippen molar-refractivity contribution in [2.45, 2.75) is 71.6 Å². The summed E-state index contributed by atoms with van der Waals surface area (Å²) in [4.78, 5) is 11.8. The van der Waals surface area contributed by atoms with Crippen LogP contribution in [-0.4, -0.2) is 24.3 Å². The van der Waals surface area contributed by atoms with Crippen molar-refractivity contribution in [3.05, 3.63) is 21.9 Å². The summed E-state index contributed by atoms with van der Waals surface area (Å²) in [7, 11) is 0. The number of hydrogen-bond donors (Lipinski definition) is 2. The highest BCUT2D eigenvalue weighted by Gasteiger charge is 2.26. The molecule has 130 valence electrons. The largest absolute Gasteiger partial charge is 0.444 e. The summed E-state index contributed by atoms with van der Waals surface area (Å²) in [5, 5.41) is 11.1. The molecule has 1 amide bonds. The van der Waals surface area contributed by atoms with E-state index in [-0.39, 0.29) is 6.09 Å². The summed E-state index contributed by atoms with van der Waals surface area (Å²) in [6.07, 6.45) is 4.55. The molecule has 0 spiro atoms. The van der Waals surface area contributed by atoms with Gasteiger partial charge in [0.1, 0.15) is 5.60 Å². The minimum Gasteiger partial charge on any atom is -0.444 e. The van der Waals surface area contributed by atoms with Gasteiger partial charge in [-0.25, -0.2) is 4.79 Å². The van der Waals surface area contributed by atoms with Gasteiger partial charge in [0.15, 0.2) is 0 Å². The third kappa shape index (κ3) is 6.15. The summed E-state index contributed by atoms with van der Waals surface area (Å²) in [6.45, 7) is 9.44. The summed E-state index contributed by atoms with van der Waals surface area (Å²) < 4.78 is 5.33. The second-order valence-corrected chi connectivity index (χ2v) is 8.24. The van der Waals surface area contributed by atoms with E-state index in [4.69, 9.17) is 4.74 Å². The predicted molar refractivity (Wildman–Crippen MR) is 95.9 cm³/mol. The van der Waals surface area contributed by atoms with Crippen LogP contribution in [0.25, 0.3) is 0 Å². The van der Waals surface area contributed by atoms with Crippen molar-refractivity contribution in [1.29, 1.82) is 0 Å². The first-order chi connectivity index (χ1) is 10.8. The van der Waals surface area contributed by atoms with Crippen molar-refractivity contribution in [2.24, 2.45) is 5.92 Å². The summed E-state index contributed by atoms with van der Waals surface area (Å²) in [5.74, 6) is 0.482. The van der Waals surface area contributed by atoms with Gasteiger partial charge in [0, 0.05) is 19.1 Å². The molecule has 0 saturated heterocycles. The Labute approximate surface area is 144 Å². The van der Waals surface area contributed by atoms with Crippen molar-refractivity contribution in [2.75, 3.05) is 6.54 Å². The Morgan fingerprint density at radius 2 is 2.04 bits per heavy atom. The zero-order chi connectivity index (χ0) is 16.9. The molecule has 1 saturated carbocycles. The van der Waals surface area contributed by atoms with E-state index >= 15 is 0 Å². The lowest BCUT2D eigenvalue weighted by Gasteiger charge is -2.33. The number of alkyl carbamates (subject to hydrolysis) is 1. The highest BCUT2D eigenvalue weighted by atomic mass is 32.1. The van der Waals surface area contributed by atoms with Gasteiger partial charge in [0.2, 0.25) is 0 Å². The van der Waals surface area contributed by atoms with E-state index in [2.05, 4.69) is 28.3 Å². The van der Waals surface area contributed by atoms with Crippen LogP contribution in [0.5, 0.6) is 0 Å². The van der Waals surface area contributed by atoms with Crippen LogP contribution in [-0.2, 0) is 11.3 Å². The fourth-order valence-corrected chi connectivity index (χ4v) is 3.92. The van der Waals surface area contributed by atoms with Gasteiger partial charge in [-0.1, -0.05) is 12.8 Å². The molecule has 1 fully saturated rings. The monoisotopic (exact) mass is 338 g/mol. The van der Waals surface area contributed by atoms with Gasteiger partial charge in [-0.3, -0.25) is 0 Å². The molecule has 1 heterocycles. The van der Waals surface area contributed by atoms with Crippen molar-refractivity contribution in [3.8, 4) is 0 Å². The highest BCUT2D eigenvalue weighted by molar-refractivity contribution is 7.08. The minimum atomic E-state index is -0.440. The fourth-order valence-electron chi connectivity index (χ4n) is 3.06. The van der Waals surface area contributed by atoms with Crippen LogP contribution in [0.2, 0.25) is 0 Å². The fraction of sp³-hybridized carbons (Fsp3) is 0.722. The Morgan fingerprint density at radius 1 is 1.30 bits per heavy atom. The maximum atomic E-state index is 11.8. The molecular formula is C18H30N2O2S. The Hall–Kier alpha value is -1.07. The van der Waals surface area contributed by atoms with Crippen molar-refractivity contribution < 1.29 is 9.53 Å². The highest BCUT2D eigenvalue weighted by Crippen LogP contribution is 2.25. The van der Waals surface area contributed by atoms with Crippen LogP contribution in [0.15, 0.2) is 10.8 Å². The van der Waals surface area contributed by atoms with E-state index < -0.39 is 5.60 Å². The van der Waals surface area contributed by atoms with Gasteiger partial charge in [0.25, 0.3) is 0 Å². The first kappa shape index (κ1) is 18.3. The van der Waals surface area contributed by atoms with E-state index in [0.29, 0.717) is 18.5 Å². The molecule has 2 rings (SSSR count). The number of carbonyl (C=O) groups excluding carboxylic acids is 1. The Bertz CT molecular complexity index is 507. The summed E-state index contributed by atoms with van der Waals surface area (Å²) in [6, 6.07) is 0.470. The van der Waals surface area contributed by atoms with Gasteiger partial charge in [-0.2, -0.15) is 11.3 Å². The van der Waals surface area contributed by atoms with Gasteiger partial charge in [-0.15, -0.1) is 0 Å². The topological polar surface area (TPSA) is 50.4 Å². The molecule has 0 aromatic carbocycles. The second kappa shape index (κ2) is 8.15. The van der Waals surface area contributed by atoms with Crippen LogP contribution in [0, 0.1) is 12.8 Å². The number of nitrogens with one attached hydrogen (secondary N) is 2. The first-order valence-electron chi connectivity index (χ1n) is 8.57. The number of amides is 1. The molecule has 0 aliphatic heterocycles. The van der Waals surface area contributed by atoms with Crippen LogP contribution >= 0.6 is 11.3 Å². The molecule has 2 unspecified atom stereocenters. The lowest BCUT2D eigenvalue weighted by atomic mass is 9.84. The summed E-state index contributed by atoms with van der Waals surface area (Å²) >= 11 is 1.76. The van der Waals surface area contributed by atoms with Crippen LogP contribution in [0.4, 0.5) is 4.79 Å². The van der Waals surface area contributed by atoms with Crippen LogP contribution in [0.3, 0.4) is 0 Å². The lowest BCUT2D eigenvalue weighted by molar-refractivity contribution is 0.0510. The Morgan fingerprint density at radius 3 is 2.70 bits per heavy atom. The molecule has 5 heteroatoms. The van der Waals surface area contributed by atoms with Crippen molar-refractivity contribution in [3.63, 3.8) is 0 Å². The zero-order valence-electron chi connectivity index (χ0n) is 14.8. The quantitative estimate of drug-likeness (QED) is 0.845. The predicted octanol–water partition coefficient (Wildman–Crippen LogP) is 4.23. The molecule has 1 aromatic heterocycles. The van der Waals surface area contributed by atoms with Crippen molar-refractivity contribution >= 4 is 17.4 Å². The average Bonchev–Trinajstić information content (AvgIpc) is 2.87. The molecule has 1 aromatic rings. The number of aryl methyl sites for hydroxylation is 1. The molecule has 23 heavy (non-hydrogen) atoms. The minimum absolute atomic E-state index is 0.310. The number of carbonyl (C=O) groups is 1. The third-order valence-corrected chi connectivity index (χ3v) is 5.24. The number of rotatable bonds is 5. The number of thiophene rings is 1. The van der Waals surface area contributed by atoms with Gasteiger partial charge in [0.05, 0.1) is 0 Å². The molecule has 2 N–H and O–H groups in total. The SMILES string of the molecule is Cc1cscc1CNC1CCCCC1CNC(=O)OC(C)(C)C. The molecule has 0 radical (unpaired) electrons. The Kier molecular flexibility index (Phi) is 6.48. The van der Waals surface area contributed by atoms with E-state index in [1.807, 2.05) is 20.8 Å². The molecule has 4 nitrogen and oxygen atoms in total.